The predicted octanol–water partition coefficient (Wildman–Crippen LogP) is 7.71. The van der Waals surface area contributed by atoms with Crippen LogP contribution < -0.4 is 5.32 Å². The molecule has 1 heterocycles. The van der Waals surface area contributed by atoms with E-state index in [2.05, 4.69) is 10.4 Å². The van der Waals surface area contributed by atoms with Crippen LogP contribution in [0.5, 0.6) is 0 Å². The zero-order valence-corrected chi connectivity index (χ0v) is 21.6. The number of nitrogens with one attached hydrogen (secondary N) is 1. The van der Waals surface area contributed by atoms with Gasteiger partial charge in [0.2, 0.25) is 0 Å². The van der Waals surface area contributed by atoms with E-state index in [1.165, 1.54) is 6.07 Å². The highest BCUT2D eigenvalue weighted by Gasteiger charge is 2.32. The second-order valence-corrected chi connectivity index (χ2v) is 9.77. The van der Waals surface area contributed by atoms with Crippen LogP contribution in [0.15, 0.2) is 66.7 Å². The molecule has 8 heteroatoms. The highest BCUT2D eigenvalue weighted by Crippen LogP contribution is 2.38. The maximum atomic E-state index is 15.0. The number of aromatic carboxylic acids is 1. The third-order valence-corrected chi connectivity index (χ3v) is 6.56. The number of halogens is 3. The highest BCUT2D eigenvalue weighted by molar-refractivity contribution is 6.31. The first-order chi connectivity index (χ1) is 17.2. The van der Waals surface area contributed by atoms with Gasteiger partial charge >= 0.3 is 5.97 Å². The maximum absolute atomic E-state index is 15.0. The van der Waals surface area contributed by atoms with E-state index in [0.29, 0.717) is 17.1 Å². The second kappa shape index (κ2) is 10.7. The number of hydrogen-bond acceptors (Lipinski definition) is 3. The van der Waals surface area contributed by atoms with Gasteiger partial charge in [-0.1, -0.05) is 79.5 Å². The Morgan fingerprint density at radius 2 is 1.81 bits per heavy atom. The number of aromatic nitrogens is 2. The van der Waals surface area contributed by atoms with Crippen LogP contribution in [0, 0.1) is 12.7 Å². The van der Waals surface area contributed by atoms with Gasteiger partial charge in [0, 0.05) is 16.3 Å². The van der Waals surface area contributed by atoms with Gasteiger partial charge in [-0.05, 0) is 53.8 Å². The highest BCUT2D eigenvalue weighted by atomic mass is 35.5. The molecule has 1 unspecified atom stereocenters. The fourth-order valence-corrected chi connectivity index (χ4v) is 4.86. The molecule has 0 bridgehead atoms. The zero-order valence-electron chi connectivity index (χ0n) is 20.1. The van der Waals surface area contributed by atoms with E-state index in [0.717, 1.165) is 22.4 Å². The molecule has 1 aromatic heterocycles. The van der Waals surface area contributed by atoms with Gasteiger partial charge in [-0.2, -0.15) is 5.10 Å². The monoisotopic (exact) mass is 525 g/mol. The van der Waals surface area contributed by atoms with E-state index in [1.807, 2.05) is 57.2 Å². The molecule has 0 amide bonds. The maximum Gasteiger partial charge on any atom is 0.356 e. The first-order valence-corrected chi connectivity index (χ1v) is 12.3. The van der Waals surface area contributed by atoms with Crippen molar-refractivity contribution >= 4 is 34.9 Å². The number of carbonyl (C=O) groups is 1. The molecule has 4 aromatic rings. The Morgan fingerprint density at radius 3 is 2.44 bits per heavy atom. The van der Waals surface area contributed by atoms with Gasteiger partial charge < -0.3 is 10.4 Å². The molecule has 0 aliphatic rings. The predicted molar refractivity (Wildman–Crippen MR) is 142 cm³/mol. The van der Waals surface area contributed by atoms with Gasteiger partial charge in [-0.15, -0.1) is 0 Å². The van der Waals surface area contributed by atoms with Crippen molar-refractivity contribution in [2.75, 3.05) is 5.32 Å². The molecular weight excluding hydrogens is 500 g/mol. The number of anilines is 1. The standard InChI is InChI=1S/C28H26Cl2FN3O2/c1-16(2)27-23(26(28(35)36)33-34(27)15-18-8-5-4-6-9-18)25(20-13-12-19(29)14-17(20)3)32-22-11-7-10-21(30)24(22)31/h4-14,16,25,32H,15H2,1-3H3,(H,35,36). The van der Waals surface area contributed by atoms with Crippen LogP contribution in [0.3, 0.4) is 0 Å². The summed E-state index contributed by atoms with van der Waals surface area (Å²) < 4.78 is 16.7. The molecule has 0 spiro atoms. The van der Waals surface area contributed by atoms with Crippen LogP contribution >= 0.6 is 23.2 Å². The number of nitrogens with zero attached hydrogens (tertiary/aromatic N) is 2. The number of hydrogen-bond donors (Lipinski definition) is 2. The number of rotatable bonds is 8. The number of aryl methyl sites for hydroxylation is 1. The SMILES string of the molecule is Cc1cc(Cl)ccc1C(Nc1cccc(Cl)c1F)c1c(C(=O)O)nn(Cc2ccccc2)c1C(C)C. The molecule has 36 heavy (non-hydrogen) atoms. The van der Waals surface area contributed by atoms with Crippen LogP contribution in [0.4, 0.5) is 10.1 Å². The quantitative estimate of drug-likeness (QED) is 0.247. The summed E-state index contributed by atoms with van der Waals surface area (Å²) in [5.41, 5.74) is 3.83. The number of carboxylic acids is 1. The first kappa shape index (κ1) is 25.7. The van der Waals surface area contributed by atoms with Crippen LogP contribution in [0.2, 0.25) is 10.0 Å². The molecule has 4 rings (SSSR count). The van der Waals surface area contributed by atoms with Crippen molar-refractivity contribution in [1.82, 2.24) is 9.78 Å². The topological polar surface area (TPSA) is 67.2 Å². The molecule has 0 aliphatic carbocycles. The Bertz CT molecular complexity index is 1400. The average Bonchev–Trinajstić information content (AvgIpc) is 3.20. The lowest BCUT2D eigenvalue weighted by Crippen LogP contribution is -2.19. The van der Waals surface area contributed by atoms with Crippen LogP contribution in [-0.2, 0) is 6.54 Å². The van der Waals surface area contributed by atoms with E-state index in [4.69, 9.17) is 23.2 Å². The van der Waals surface area contributed by atoms with Crippen LogP contribution in [-0.4, -0.2) is 20.9 Å². The summed E-state index contributed by atoms with van der Waals surface area (Å²) in [5, 5.41) is 18.5. The number of carboxylic acid groups (broad SMARTS) is 1. The first-order valence-electron chi connectivity index (χ1n) is 11.5. The molecule has 0 aliphatic heterocycles. The Kier molecular flexibility index (Phi) is 7.67. The Hall–Kier alpha value is -3.35. The summed E-state index contributed by atoms with van der Waals surface area (Å²) in [6.45, 7) is 6.25. The minimum absolute atomic E-state index is 0.0334. The summed E-state index contributed by atoms with van der Waals surface area (Å²) in [6, 6.07) is 19.0. The molecule has 5 nitrogen and oxygen atoms in total. The van der Waals surface area contributed by atoms with Crippen LogP contribution in [0.25, 0.3) is 0 Å². The minimum Gasteiger partial charge on any atom is -0.476 e. The summed E-state index contributed by atoms with van der Waals surface area (Å²) >= 11 is 12.3. The van der Waals surface area contributed by atoms with Gasteiger partial charge in [0.05, 0.1) is 23.3 Å². The van der Waals surface area contributed by atoms with Crippen molar-refractivity contribution < 1.29 is 14.3 Å². The minimum atomic E-state index is -1.16. The lowest BCUT2D eigenvalue weighted by atomic mass is 9.90. The fourth-order valence-electron chi connectivity index (χ4n) is 4.46. The second-order valence-electron chi connectivity index (χ2n) is 8.93. The number of benzene rings is 3. The summed E-state index contributed by atoms with van der Waals surface area (Å²) in [4.78, 5) is 12.5. The van der Waals surface area contributed by atoms with Crippen molar-refractivity contribution in [3.8, 4) is 0 Å². The van der Waals surface area contributed by atoms with Crippen molar-refractivity contribution in [3.05, 3.63) is 116 Å². The molecule has 0 radical (unpaired) electrons. The Labute approximate surface area is 219 Å². The largest absolute Gasteiger partial charge is 0.476 e. The van der Waals surface area contributed by atoms with Crippen molar-refractivity contribution in [2.45, 2.75) is 39.3 Å². The van der Waals surface area contributed by atoms with E-state index >= 15 is 4.39 Å². The summed E-state index contributed by atoms with van der Waals surface area (Å²) in [5.74, 6) is -1.86. The zero-order chi connectivity index (χ0) is 26.0. The molecule has 0 saturated carbocycles. The summed E-state index contributed by atoms with van der Waals surface area (Å²) in [7, 11) is 0. The van der Waals surface area contributed by atoms with Gasteiger partial charge in [0.15, 0.2) is 11.5 Å². The van der Waals surface area contributed by atoms with Crippen molar-refractivity contribution in [2.24, 2.45) is 0 Å². The molecule has 1 atom stereocenters. The Balaban J connectivity index is 1.97. The Morgan fingerprint density at radius 1 is 1.08 bits per heavy atom. The third kappa shape index (κ3) is 5.25. The van der Waals surface area contributed by atoms with Gasteiger partial charge in [0.1, 0.15) is 0 Å². The lowest BCUT2D eigenvalue weighted by Gasteiger charge is -2.25. The molecule has 3 aromatic carbocycles. The van der Waals surface area contributed by atoms with E-state index in [1.54, 1.807) is 28.9 Å². The average molecular weight is 526 g/mol. The molecular formula is C28H26Cl2FN3O2. The van der Waals surface area contributed by atoms with Crippen LogP contribution in [0.1, 0.15) is 64.2 Å². The van der Waals surface area contributed by atoms with Crippen molar-refractivity contribution in [1.29, 1.82) is 0 Å². The molecule has 0 saturated heterocycles. The molecule has 186 valence electrons. The smallest absolute Gasteiger partial charge is 0.356 e. The summed E-state index contributed by atoms with van der Waals surface area (Å²) in [6.07, 6.45) is 0. The van der Waals surface area contributed by atoms with Crippen molar-refractivity contribution in [3.63, 3.8) is 0 Å². The molecule has 0 fully saturated rings. The lowest BCUT2D eigenvalue weighted by molar-refractivity contribution is 0.0688. The van der Waals surface area contributed by atoms with E-state index < -0.39 is 17.8 Å². The van der Waals surface area contributed by atoms with Gasteiger partial charge in [-0.25, -0.2) is 9.18 Å². The van der Waals surface area contributed by atoms with E-state index in [-0.39, 0.29) is 22.3 Å². The van der Waals surface area contributed by atoms with E-state index in [9.17, 15) is 9.90 Å². The normalized spacial score (nSPS) is 12.1. The van der Waals surface area contributed by atoms with Gasteiger partial charge in [0.25, 0.3) is 0 Å². The van der Waals surface area contributed by atoms with Gasteiger partial charge in [-0.3, -0.25) is 4.68 Å². The molecule has 2 N–H and O–H groups in total. The fraction of sp³-hybridized carbons (Fsp3) is 0.214. The third-order valence-electron chi connectivity index (χ3n) is 6.04.